The zero-order valence-electron chi connectivity index (χ0n) is 20.4. The molecular formula is C29H33BrN2O3. The molecule has 0 aromatic heterocycles. The molecule has 0 heterocycles. The van der Waals surface area contributed by atoms with E-state index in [0.29, 0.717) is 25.3 Å². The van der Waals surface area contributed by atoms with Crippen LogP contribution in [-0.2, 0) is 22.6 Å². The van der Waals surface area contributed by atoms with Gasteiger partial charge in [0.15, 0.2) is 6.61 Å². The highest BCUT2D eigenvalue weighted by Crippen LogP contribution is 2.20. The van der Waals surface area contributed by atoms with Gasteiger partial charge in [-0.1, -0.05) is 89.9 Å². The van der Waals surface area contributed by atoms with Crippen LogP contribution in [0.4, 0.5) is 0 Å². The number of hydrogen-bond donors (Lipinski definition) is 1. The summed E-state index contributed by atoms with van der Waals surface area (Å²) >= 11 is 3.51. The molecule has 35 heavy (non-hydrogen) atoms. The molecule has 0 bridgehead atoms. The molecule has 0 aliphatic carbocycles. The maximum atomic E-state index is 13.6. The zero-order valence-corrected chi connectivity index (χ0v) is 22.0. The number of benzene rings is 3. The van der Waals surface area contributed by atoms with Gasteiger partial charge in [-0.2, -0.15) is 0 Å². The smallest absolute Gasteiger partial charge is 0.261 e. The third kappa shape index (κ3) is 8.25. The van der Waals surface area contributed by atoms with Crippen molar-refractivity contribution in [3.8, 4) is 5.75 Å². The molecule has 3 aromatic carbocycles. The number of amides is 2. The van der Waals surface area contributed by atoms with Crippen LogP contribution in [0.5, 0.6) is 5.75 Å². The average Bonchev–Trinajstić information content (AvgIpc) is 2.86. The minimum absolute atomic E-state index is 0.146. The lowest BCUT2D eigenvalue weighted by molar-refractivity contribution is -0.142. The van der Waals surface area contributed by atoms with Gasteiger partial charge in [0.05, 0.1) is 0 Å². The van der Waals surface area contributed by atoms with Gasteiger partial charge in [0.2, 0.25) is 5.91 Å². The van der Waals surface area contributed by atoms with E-state index in [0.717, 1.165) is 34.0 Å². The van der Waals surface area contributed by atoms with E-state index in [-0.39, 0.29) is 18.4 Å². The van der Waals surface area contributed by atoms with Gasteiger partial charge in [-0.15, -0.1) is 0 Å². The number of halogens is 1. The van der Waals surface area contributed by atoms with Gasteiger partial charge in [0, 0.05) is 24.0 Å². The molecule has 1 atom stereocenters. The molecule has 0 aliphatic heterocycles. The van der Waals surface area contributed by atoms with Crippen LogP contribution in [-0.4, -0.2) is 35.9 Å². The Bertz CT molecular complexity index is 1100. The van der Waals surface area contributed by atoms with Gasteiger partial charge in [0.25, 0.3) is 5.91 Å². The molecule has 0 saturated heterocycles. The third-order valence-corrected chi connectivity index (χ3v) is 6.28. The molecule has 0 radical (unpaired) electrons. The van der Waals surface area contributed by atoms with E-state index in [1.54, 1.807) is 4.90 Å². The normalized spacial score (nSPS) is 11.5. The van der Waals surface area contributed by atoms with E-state index < -0.39 is 6.04 Å². The van der Waals surface area contributed by atoms with Crippen molar-refractivity contribution in [2.24, 2.45) is 0 Å². The Hall–Kier alpha value is -3.12. The van der Waals surface area contributed by atoms with Gasteiger partial charge < -0.3 is 15.0 Å². The lowest BCUT2D eigenvalue weighted by atomic mass is 10.0. The number of aryl methyl sites for hydroxylation is 1. The maximum absolute atomic E-state index is 13.6. The number of ether oxygens (including phenoxy) is 1. The van der Waals surface area contributed by atoms with Gasteiger partial charge in [-0.3, -0.25) is 9.59 Å². The van der Waals surface area contributed by atoms with Gasteiger partial charge in [-0.05, 0) is 48.2 Å². The van der Waals surface area contributed by atoms with Crippen LogP contribution >= 0.6 is 15.9 Å². The monoisotopic (exact) mass is 536 g/mol. The number of rotatable bonds is 12. The Morgan fingerprint density at radius 2 is 1.69 bits per heavy atom. The molecule has 0 spiro atoms. The summed E-state index contributed by atoms with van der Waals surface area (Å²) < 4.78 is 6.81. The largest absolute Gasteiger partial charge is 0.484 e. The Morgan fingerprint density at radius 1 is 0.971 bits per heavy atom. The molecular weight excluding hydrogens is 504 g/mol. The molecule has 2 amide bonds. The topological polar surface area (TPSA) is 58.6 Å². The van der Waals surface area contributed by atoms with Crippen molar-refractivity contribution in [1.29, 1.82) is 0 Å². The third-order valence-electron chi connectivity index (χ3n) is 5.79. The van der Waals surface area contributed by atoms with Crippen molar-refractivity contribution in [2.45, 2.75) is 45.7 Å². The Labute approximate surface area is 216 Å². The lowest BCUT2D eigenvalue weighted by Gasteiger charge is -2.31. The summed E-state index contributed by atoms with van der Waals surface area (Å²) in [6.07, 6.45) is 2.29. The van der Waals surface area contributed by atoms with Crippen LogP contribution in [0, 0.1) is 6.92 Å². The van der Waals surface area contributed by atoms with Crippen molar-refractivity contribution in [3.63, 3.8) is 0 Å². The molecule has 0 saturated carbocycles. The van der Waals surface area contributed by atoms with E-state index in [1.165, 1.54) is 0 Å². The van der Waals surface area contributed by atoms with Crippen LogP contribution in [0.3, 0.4) is 0 Å². The summed E-state index contributed by atoms with van der Waals surface area (Å²) in [4.78, 5) is 28.6. The second kappa shape index (κ2) is 13.7. The van der Waals surface area contributed by atoms with Crippen LogP contribution in [0.1, 0.15) is 36.5 Å². The van der Waals surface area contributed by atoms with Crippen molar-refractivity contribution in [2.75, 3.05) is 13.2 Å². The van der Waals surface area contributed by atoms with Crippen LogP contribution in [0.2, 0.25) is 0 Å². The number of hydrogen-bond acceptors (Lipinski definition) is 3. The Morgan fingerprint density at radius 3 is 2.40 bits per heavy atom. The van der Waals surface area contributed by atoms with E-state index >= 15 is 0 Å². The number of unbranched alkanes of at least 4 members (excludes halogenated alkanes) is 1. The van der Waals surface area contributed by atoms with Crippen LogP contribution in [0.15, 0.2) is 83.3 Å². The first kappa shape index (κ1) is 26.5. The number of nitrogens with one attached hydrogen (secondary N) is 1. The molecule has 3 rings (SSSR count). The fraction of sp³-hybridized carbons (Fsp3) is 0.310. The summed E-state index contributed by atoms with van der Waals surface area (Å²) in [6, 6.07) is 24.5. The second-order valence-electron chi connectivity index (χ2n) is 8.56. The predicted molar refractivity (Wildman–Crippen MR) is 143 cm³/mol. The summed E-state index contributed by atoms with van der Waals surface area (Å²) in [5.74, 6) is 0.275. The number of para-hydroxylation sites is 1. The highest BCUT2D eigenvalue weighted by atomic mass is 79.9. The van der Waals surface area contributed by atoms with E-state index in [9.17, 15) is 9.59 Å². The second-order valence-corrected chi connectivity index (χ2v) is 9.47. The predicted octanol–water partition coefficient (Wildman–Crippen LogP) is 5.69. The van der Waals surface area contributed by atoms with Gasteiger partial charge >= 0.3 is 0 Å². The maximum Gasteiger partial charge on any atom is 0.261 e. The molecule has 0 fully saturated rings. The Balaban J connectivity index is 1.89. The molecule has 0 aliphatic rings. The lowest BCUT2D eigenvalue weighted by Crippen LogP contribution is -2.51. The van der Waals surface area contributed by atoms with Gasteiger partial charge in [-0.25, -0.2) is 0 Å². The first-order valence-corrected chi connectivity index (χ1v) is 12.8. The fourth-order valence-electron chi connectivity index (χ4n) is 3.83. The summed E-state index contributed by atoms with van der Waals surface area (Å²) in [7, 11) is 0. The first-order valence-electron chi connectivity index (χ1n) is 12.0. The first-order chi connectivity index (χ1) is 17.0. The average molecular weight is 537 g/mol. The molecule has 3 aromatic rings. The highest BCUT2D eigenvalue weighted by Gasteiger charge is 2.30. The minimum atomic E-state index is -0.666. The zero-order chi connectivity index (χ0) is 25.0. The van der Waals surface area contributed by atoms with Crippen LogP contribution < -0.4 is 10.1 Å². The highest BCUT2D eigenvalue weighted by molar-refractivity contribution is 9.10. The SMILES string of the molecule is CCCCNC(=O)[C@H](Cc1ccccc1)N(Cc1cccc(Br)c1)C(=O)COc1ccccc1C. The van der Waals surface area contributed by atoms with Crippen molar-refractivity contribution < 1.29 is 14.3 Å². The molecule has 0 unspecified atom stereocenters. The molecule has 184 valence electrons. The Kier molecular flexibility index (Phi) is 10.4. The number of nitrogens with zero attached hydrogens (tertiary/aromatic N) is 1. The summed E-state index contributed by atoms with van der Waals surface area (Å²) in [6.45, 7) is 4.76. The van der Waals surface area contributed by atoms with Crippen LogP contribution in [0.25, 0.3) is 0 Å². The standard InChI is InChI=1S/C29H33BrN2O3/c1-3-4-17-31-29(34)26(19-23-12-6-5-7-13-23)32(20-24-14-10-15-25(30)18-24)28(33)21-35-27-16-9-8-11-22(27)2/h5-16,18,26H,3-4,17,19-21H2,1-2H3,(H,31,34)/t26-/m0/s1. The minimum Gasteiger partial charge on any atom is -0.484 e. The van der Waals surface area contributed by atoms with E-state index in [2.05, 4.69) is 28.2 Å². The number of carbonyl (C=O) groups excluding carboxylic acids is 2. The molecule has 1 N–H and O–H groups in total. The van der Waals surface area contributed by atoms with Crippen molar-refractivity contribution in [1.82, 2.24) is 10.2 Å². The van der Waals surface area contributed by atoms with Crippen molar-refractivity contribution in [3.05, 3.63) is 100 Å². The summed E-state index contributed by atoms with van der Waals surface area (Å²) in [5, 5.41) is 3.04. The molecule has 6 heteroatoms. The van der Waals surface area contributed by atoms with Crippen molar-refractivity contribution >= 4 is 27.7 Å². The number of carbonyl (C=O) groups is 2. The van der Waals surface area contributed by atoms with E-state index in [4.69, 9.17) is 4.74 Å². The molecule has 5 nitrogen and oxygen atoms in total. The quantitative estimate of drug-likeness (QED) is 0.302. The fourth-order valence-corrected chi connectivity index (χ4v) is 4.28. The van der Waals surface area contributed by atoms with E-state index in [1.807, 2.05) is 85.8 Å². The summed E-state index contributed by atoms with van der Waals surface area (Å²) in [5.41, 5.74) is 2.88. The van der Waals surface area contributed by atoms with Gasteiger partial charge in [0.1, 0.15) is 11.8 Å².